The van der Waals surface area contributed by atoms with Crippen LogP contribution in [0.15, 0.2) is 70.5 Å². The molecular weight excluding hydrogens is 537 g/mol. The molecule has 1 saturated heterocycles. The second kappa shape index (κ2) is 11.1. The smallest absolute Gasteiger partial charge is 0.417 e. The van der Waals surface area contributed by atoms with Crippen molar-refractivity contribution in [1.82, 2.24) is 9.99 Å². The first-order chi connectivity index (χ1) is 18.7. The molecular formula is C27H24ClF3N4O4. The fraction of sp³-hybridized carbons (Fsp3) is 0.333. The minimum Gasteiger partial charge on any atom is -0.467 e. The molecule has 8 nitrogen and oxygen atoms in total. The number of aromatic nitrogens is 1. The van der Waals surface area contributed by atoms with Gasteiger partial charge in [-0.2, -0.15) is 18.3 Å². The lowest BCUT2D eigenvalue weighted by molar-refractivity contribution is -0.156. The molecule has 0 aliphatic carbocycles. The number of halogens is 4. The lowest BCUT2D eigenvalue weighted by Crippen LogP contribution is -2.38. The Morgan fingerprint density at radius 3 is 2.44 bits per heavy atom. The zero-order chi connectivity index (χ0) is 27.6. The maximum absolute atomic E-state index is 13.1. The summed E-state index contributed by atoms with van der Waals surface area (Å²) >= 11 is 5.99. The standard InChI is InChI=1S/C27H24ClF3N4O4/c28-20-6-3-17(4-7-20)21-14-22(23-2-1-13-38-23)35(33-21)25(36)16-39-26(37)18-9-11-34(12-10-18)24-8-5-19(15-32-24)27(29,30)31/h1-8,13,15,18,22H,9-12,14,16H2/t22-/m0/s1. The second-order valence-corrected chi connectivity index (χ2v) is 9.74. The Hall–Kier alpha value is -3.86. The Kier molecular flexibility index (Phi) is 7.60. The monoisotopic (exact) mass is 560 g/mol. The molecule has 1 atom stereocenters. The number of esters is 1. The lowest BCUT2D eigenvalue weighted by Gasteiger charge is -2.31. The van der Waals surface area contributed by atoms with E-state index in [1.54, 1.807) is 24.3 Å². The van der Waals surface area contributed by atoms with Crippen molar-refractivity contribution >= 4 is 35.0 Å². The van der Waals surface area contributed by atoms with Crippen LogP contribution >= 0.6 is 11.6 Å². The summed E-state index contributed by atoms with van der Waals surface area (Å²) in [5.74, 6) is -0.445. The molecule has 4 heterocycles. The van der Waals surface area contributed by atoms with Gasteiger partial charge in [-0.15, -0.1) is 0 Å². The highest BCUT2D eigenvalue weighted by Crippen LogP contribution is 2.34. The maximum atomic E-state index is 13.1. The molecule has 39 heavy (non-hydrogen) atoms. The second-order valence-electron chi connectivity index (χ2n) is 9.30. The van der Waals surface area contributed by atoms with Crippen LogP contribution in [0.3, 0.4) is 0 Å². The van der Waals surface area contributed by atoms with Crippen molar-refractivity contribution in [2.24, 2.45) is 11.0 Å². The number of hydrogen-bond donors (Lipinski definition) is 0. The van der Waals surface area contributed by atoms with E-state index in [4.69, 9.17) is 20.8 Å². The summed E-state index contributed by atoms with van der Waals surface area (Å²) in [4.78, 5) is 31.5. The summed E-state index contributed by atoms with van der Waals surface area (Å²) in [6.07, 6.45) is -0.858. The van der Waals surface area contributed by atoms with E-state index in [9.17, 15) is 22.8 Å². The Morgan fingerprint density at radius 1 is 1.08 bits per heavy atom. The van der Waals surface area contributed by atoms with Crippen LogP contribution in [0.25, 0.3) is 0 Å². The summed E-state index contributed by atoms with van der Waals surface area (Å²) in [6, 6.07) is 12.5. The Labute approximate surface area is 227 Å². The fourth-order valence-corrected chi connectivity index (χ4v) is 4.79. The first-order valence-electron chi connectivity index (χ1n) is 12.3. The summed E-state index contributed by atoms with van der Waals surface area (Å²) < 4.78 is 49.3. The number of carbonyl (C=O) groups excluding carboxylic acids is 2. The predicted molar refractivity (Wildman–Crippen MR) is 136 cm³/mol. The van der Waals surface area contributed by atoms with E-state index in [1.807, 2.05) is 17.0 Å². The minimum absolute atomic E-state index is 0.414. The molecule has 12 heteroatoms. The number of anilines is 1. The van der Waals surface area contributed by atoms with Gasteiger partial charge in [-0.3, -0.25) is 9.59 Å². The lowest BCUT2D eigenvalue weighted by atomic mass is 9.97. The van der Waals surface area contributed by atoms with Gasteiger partial charge in [-0.25, -0.2) is 9.99 Å². The number of furan rings is 1. The molecule has 3 aromatic rings. The highest BCUT2D eigenvalue weighted by molar-refractivity contribution is 6.30. The summed E-state index contributed by atoms with van der Waals surface area (Å²) in [6.45, 7) is 0.370. The van der Waals surface area contributed by atoms with Crippen molar-refractivity contribution in [2.75, 3.05) is 24.6 Å². The van der Waals surface area contributed by atoms with Gasteiger partial charge < -0.3 is 14.1 Å². The van der Waals surface area contributed by atoms with E-state index in [1.165, 1.54) is 17.3 Å². The summed E-state index contributed by atoms with van der Waals surface area (Å²) in [5.41, 5.74) is 0.681. The van der Waals surface area contributed by atoms with Gasteiger partial charge in [-0.1, -0.05) is 23.7 Å². The maximum Gasteiger partial charge on any atom is 0.417 e. The number of hydrogen-bond acceptors (Lipinski definition) is 7. The molecule has 1 amide bonds. The molecule has 1 aromatic carbocycles. The first kappa shape index (κ1) is 26.7. The van der Waals surface area contributed by atoms with Gasteiger partial charge in [-0.05, 0) is 54.8 Å². The molecule has 5 rings (SSSR count). The van der Waals surface area contributed by atoms with E-state index in [0.29, 0.717) is 54.7 Å². The van der Waals surface area contributed by atoms with E-state index >= 15 is 0 Å². The quantitative estimate of drug-likeness (QED) is 0.371. The average Bonchev–Trinajstić information content (AvgIpc) is 3.62. The van der Waals surface area contributed by atoms with Crippen LogP contribution in [-0.2, 0) is 20.5 Å². The highest BCUT2D eigenvalue weighted by Gasteiger charge is 2.36. The largest absolute Gasteiger partial charge is 0.467 e. The number of ether oxygens (including phenoxy) is 1. The molecule has 2 aliphatic heterocycles. The Bertz CT molecular complexity index is 1340. The normalized spacial score (nSPS) is 18.3. The Morgan fingerprint density at radius 2 is 1.82 bits per heavy atom. The van der Waals surface area contributed by atoms with Crippen molar-refractivity contribution in [3.8, 4) is 0 Å². The topological polar surface area (TPSA) is 88.2 Å². The van der Waals surface area contributed by atoms with E-state index in [2.05, 4.69) is 10.1 Å². The van der Waals surface area contributed by atoms with Crippen LogP contribution in [0, 0.1) is 5.92 Å². The number of rotatable bonds is 6. The van der Waals surface area contributed by atoms with Crippen LogP contribution in [-0.4, -0.2) is 47.3 Å². The van der Waals surface area contributed by atoms with Crippen LogP contribution in [0.4, 0.5) is 19.0 Å². The molecule has 0 saturated carbocycles. The molecule has 0 radical (unpaired) electrons. The third-order valence-corrected chi connectivity index (χ3v) is 7.03. The minimum atomic E-state index is -4.45. The number of nitrogens with zero attached hydrogens (tertiary/aromatic N) is 4. The molecule has 204 valence electrons. The van der Waals surface area contributed by atoms with Crippen molar-refractivity contribution in [3.05, 3.63) is 82.9 Å². The molecule has 2 aromatic heterocycles. The number of piperidine rings is 1. The van der Waals surface area contributed by atoms with Crippen LogP contribution in [0.5, 0.6) is 0 Å². The van der Waals surface area contributed by atoms with Gasteiger partial charge >= 0.3 is 12.1 Å². The number of alkyl halides is 3. The van der Waals surface area contributed by atoms with Gasteiger partial charge in [0.1, 0.15) is 17.6 Å². The van der Waals surface area contributed by atoms with Crippen molar-refractivity contribution in [3.63, 3.8) is 0 Å². The fourth-order valence-electron chi connectivity index (χ4n) is 4.66. The Balaban J connectivity index is 1.17. The third-order valence-electron chi connectivity index (χ3n) is 6.78. The predicted octanol–water partition coefficient (Wildman–Crippen LogP) is 5.48. The van der Waals surface area contributed by atoms with Gasteiger partial charge in [0, 0.05) is 30.7 Å². The van der Waals surface area contributed by atoms with Gasteiger partial charge in [0.05, 0.1) is 23.5 Å². The van der Waals surface area contributed by atoms with Crippen molar-refractivity contribution in [2.45, 2.75) is 31.5 Å². The van der Waals surface area contributed by atoms with Crippen molar-refractivity contribution < 1.29 is 31.9 Å². The summed E-state index contributed by atoms with van der Waals surface area (Å²) in [7, 11) is 0. The third kappa shape index (κ3) is 6.08. The molecule has 0 unspecified atom stereocenters. The number of amides is 1. The van der Waals surface area contributed by atoms with Crippen LogP contribution < -0.4 is 4.90 Å². The number of pyridine rings is 1. The molecule has 1 fully saturated rings. The molecule has 2 aliphatic rings. The molecule has 0 N–H and O–H groups in total. The first-order valence-corrected chi connectivity index (χ1v) is 12.7. The average molecular weight is 561 g/mol. The zero-order valence-corrected chi connectivity index (χ0v) is 21.4. The number of hydrazone groups is 1. The van der Waals surface area contributed by atoms with E-state index in [0.717, 1.165) is 17.8 Å². The highest BCUT2D eigenvalue weighted by atomic mass is 35.5. The molecule has 0 spiro atoms. The van der Waals surface area contributed by atoms with E-state index in [-0.39, 0.29) is 0 Å². The zero-order valence-electron chi connectivity index (χ0n) is 20.6. The van der Waals surface area contributed by atoms with Crippen LogP contribution in [0.2, 0.25) is 5.02 Å². The van der Waals surface area contributed by atoms with Gasteiger partial charge in [0.15, 0.2) is 6.61 Å². The SMILES string of the molecule is O=C(OCC(=O)N1N=C(c2ccc(Cl)cc2)C[C@H]1c1ccco1)C1CCN(c2ccc(C(F)(F)F)cn2)CC1. The summed E-state index contributed by atoms with van der Waals surface area (Å²) in [5, 5.41) is 6.37. The van der Waals surface area contributed by atoms with E-state index < -0.39 is 42.2 Å². The van der Waals surface area contributed by atoms with Gasteiger partial charge in [0.2, 0.25) is 0 Å². The number of benzene rings is 1. The van der Waals surface area contributed by atoms with Crippen LogP contribution in [0.1, 0.15) is 42.2 Å². The number of carbonyl (C=O) groups is 2. The molecule has 0 bridgehead atoms. The van der Waals surface area contributed by atoms with Crippen molar-refractivity contribution in [1.29, 1.82) is 0 Å². The van der Waals surface area contributed by atoms with Gasteiger partial charge in [0.25, 0.3) is 5.91 Å².